The molecule has 0 aliphatic carbocycles. The van der Waals surface area contributed by atoms with Crippen LogP contribution in [0.4, 0.5) is 4.39 Å². The number of rotatable bonds is 8. The van der Waals surface area contributed by atoms with Crippen LogP contribution in [0.5, 0.6) is 5.75 Å². The van der Waals surface area contributed by atoms with Crippen molar-refractivity contribution in [1.82, 2.24) is 10.2 Å². The molecule has 0 saturated heterocycles. The van der Waals surface area contributed by atoms with Gasteiger partial charge in [-0.1, -0.05) is 28.1 Å². The molecule has 0 unspecified atom stereocenters. The molecule has 2 amide bonds. The molecule has 0 aliphatic rings. The lowest BCUT2D eigenvalue weighted by atomic mass is 10.1. The lowest BCUT2D eigenvalue weighted by molar-refractivity contribution is -0.142. The molecule has 0 aliphatic heterocycles. The summed E-state index contributed by atoms with van der Waals surface area (Å²) in [7, 11) is 0. The molecular weight excluding hydrogens is 415 g/mol. The Morgan fingerprint density at radius 2 is 1.78 bits per heavy atom. The number of carbonyl (C=O) groups is 2. The van der Waals surface area contributed by atoms with Crippen LogP contribution in [0.1, 0.15) is 19.4 Å². The van der Waals surface area contributed by atoms with Crippen molar-refractivity contribution < 1.29 is 18.7 Å². The average Bonchev–Trinajstić information content (AvgIpc) is 2.66. The molecule has 144 valence electrons. The first kappa shape index (κ1) is 20.9. The number of hydrogen-bond donors (Lipinski definition) is 1. The fourth-order valence-corrected chi connectivity index (χ4v) is 2.71. The minimum Gasteiger partial charge on any atom is -0.484 e. The van der Waals surface area contributed by atoms with Crippen molar-refractivity contribution in [3.8, 4) is 5.75 Å². The summed E-state index contributed by atoms with van der Waals surface area (Å²) in [6, 6.07) is 12.3. The van der Waals surface area contributed by atoms with Crippen LogP contribution in [-0.4, -0.2) is 35.9 Å². The van der Waals surface area contributed by atoms with Gasteiger partial charge in [0, 0.05) is 17.6 Å². The molecule has 0 heterocycles. The zero-order valence-corrected chi connectivity index (χ0v) is 16.8. The van der Waals surface area contributed by atoms with Gasteiger partial charge in [0.2, 0.25) is 5.91 Å². The number of ether oxygens (including phenoxy) is 1. The van der Waals surface area contributed by atoms with Crippen LogP contribution in [0.3, 0.4) is 0 Å². The molecule has 5 nitrogen and oxygen atoms in total. The van der Waals surface area contributed by atoms with E-state index in [4.69, 9.17) is 4.74 Å². The van der Waals surface area contributed by atoms with Gasteiger partial charge in [-0.05, 0) is 55.8 Å². The molecule has 2 aromatic rings. The van der Waals surface area contributed by atoms with Crippen molar-refractivity contribution in [3.05, 3.63) is 64.4 Å². The number of benzene rings is 2. The third kappa shape index (κ3) is 6.36. The van der Waals surface area contributed by atoms with Crippen LogP contribution in [-0.2, 0) is 16.1 Å². The highest BCUT2D eigenvalue weighted by molar-refractivity contribution is 9.10. The number of nitrogens with zero attached hydrogens (tertiary/aromatic N) is 1. The van der Waals surface area contributed by atoms with E-state index in [1.807, 2.05) is 19.1 Å². The Kier molecular flexibility index (Phi) is 7.79. The third-order valence-corrected chi connectivity index (χ3v) is 4.49. The zero-order chi connectivity index (χ0) is 19.8. The second kappa shape index (κ2) is 10.1. The molecule has 7 heteroatoms. The summed E-state index contributed by atoms with van der Waals surface area (Å²) in [5, 5.41) is 2.72. The molecule has 2 rings (SSSR count). The van der Waals surface area contributed by atoms with Gasteiger partial charge in [0.15, 0.2) is 6.61 Å². The van der Waals surface area contributed by atoms with E-state index in [0.29, 0.717) is 12.3 Å². The van der Waals surface area contributed by atoms with Gasteiger partial charge >= 0.3 is 0 Å². The molecular formula is C20H22BrFN2O3. The first-order valence-electron chi connectivity index (χ1n) is 8.60. The molecule has 0 saturated carbocycles. The fourth-order valence-electron chi connectivity index (χ4n) is 2.45. The van der Waals surface area contributed by atoms with Crippen LogP contribution >= 0.6 is 15.9 Å². The van der Waals surface area contributed by atoms with Crippen LogP contribution in [0.2, 0.25) is 0 Å². The highest BCUT2D eigenvalue weighted by Crippen LogP contribution is 2.17. The molecule has 0 bridgehead atoms. The molecule has 27 heavy (non-hydrogen) atoms. The number of hydrogen-bond acceptors (Lipinski definition) is 3. The van der Waals surface area contributed by atoms with E-state index in [-0.39, 0.29) is 30.8 Å². The smallest absolute Gasteiger partial charge is 0.261 e. The zero-order valence-electron chi connectivity index (χ0n) is 15.2. The SMILES string of the molecule is CCNC(=O)[C@H](C)N(Cc1ccc(F)cc1)C(=O)COc1ccc(Br)cc1. The molecule has 0 aromatic heterocycles. The van der Waals surface area contributed by atoms with Gasteiger partial charge in [-0.25, -0.2) is 4.39 Å². The molecule has 0 fully saturated rings. The predicted molar refractivity (Wildman–Crippen MR) is 105 cm³/mol. The highest BCUT2D eigenvalue weighted by atomic mass is 79.9. The third-order valence-electron chi connectivity index (χ3n) is 3.96. The first-order chi connectivity index (χ1) is 12.9. The highest BCUT2D eigenvalue weighted by Gasteiger charge is 2.26. The Bertz CT molecular complexity index is 766. The number of halogens is 2. The maximum Gasteiger partial charge on any atom is 0.261 e. The molecule has 2 aromatic carbocycles. The van der Waals surface area contributed by atoms with Gasteiger partial charge in [0.1, 0.15) is 17.6 Å². The van der Waals surface area contributed by atoms with E-state index in [0.717, 1.165) is 10.0 Å². The lowest BCUT2D eigenvalue weighted by Gasteiger charge is -2.28. The summed E-state index contributed by atoms with van der Waals surface area (Å²) in [6.07, 6.45) is 0. The summed E-state index contributed by atoms with van der Waals surface area (Å²) in [4.78, 5) is 26.4. The number of nitrogens with one attached hydrogen (secondary N) is 1. The van der Waals surface area contributed by atoms with E-state index in [1.54, 1.807) is 31.2 Å². The number of amides is 2. The summed E-state index contributed by atoms with van der Waals surface area (Å²) in [5.74, 6) is -0.386. The second-order valence-electron chi connectivity index (χ2n) is 5.96. The first-order valence-corrected chi connectivity index (χ1v) is 9.40. The van der Waals surface area contributed by atoms with Gasteiger partial charge in [0.25, 0.3) is 5.91 Å². The monoisotopic (exact) mass is 436 g/mol. The van der Waals surface area contributed by atoms with Crippen molar-refractivity contribution >= 4 is 27.7 Å². The quantitative estimate of drug-likeness (QED) is 0.688. The summed E-state index contributed by atoms with van der Waals surface area (Å²) in [6.45, 7) is 3.92. The maximum atomic E-state index is 13.1. The Morgan fingerprint density at radius 1 is 1.15 bits per heavy atom. The van der Waals surface area contributed by atoms with Crippen LogP contribution < -0.4 is 10.1 Å². The van der Waals surface area contributed by atoms with E-state index in [2.05, 4.69) is 21.2 Å². The fraction of sp³-hybridized carbons (Fsp3) is 0.300. The molecule has 1 atom stereocenters. The molecule has 0 radical (unpaired) electrons. The van der Waals surface area contributed by atoms with Crippen molar-refractivity contribution in [2.24, 2.45) is 0 Å². The van der Waals surface area contributed by atoms with Gasteiger partial charge in [-0.15, -0.1) is 0 Å². The topological polar surface area (TPSA) is 58.6 Å². The van der Waals surface area contributed by atoms with E-state index < -0.39 is 6.04 Å². The Hall–Kier alpha value is -2.41. The van der Waals surface area contributed by atoms with Crippen molar-refractivity contribution in [2.45, 2.75) is 26.4 Å². The van der Waals surface area contributed by atoms with Crippen LogP contribution in [0, 0.1) is 5.82 Å². The maximum absolute atomic E-state index is 13.1. The average molecular weight is 437 g/mol. The van der Waals surface area contributed by atoms with Crippen LogP contribution in [0.15, 0.2) is 53.0 Å². The minimum absolute atomic E-state index is 0.182. The van der Waals surface area contributed by atoms with Crippen molar-refractivity contribution in [3.63, 3.8) is 0 Å². The summed E-state index contributed by atoms with van der Waals surface area (Å²) >= 11 is 3.34. The minimum atomic E-state index is -0.684. The Morgan fingerprint density at radius 3 is 2.37 bits per heavy atom. The van der Waals surface area contributed by atoms with E-state index in [9.17, 15) is 14.0 Å². The van der Waals surface area contributed by atoms with Crippen molar-refractivity contribution in [1.29, 1.82) is 0 Å². The van der Waals surface area contributed by atoms with Gasteiger partial charge in [-0.3, -0.25) is 9.59 Å². The molecule has 0 spiro atoms. The van der Waals surface area contributed by atoms with Gasteiger partial charge < -0.3 is 15.0 Å². The Labute approximate surface area is 166 Å². The van der Waals surface area contributed by atoms with Gasteiger partial charge in [-0.2, -0.15) is 0 Å². The summed E-state index contributed by atoms with van der Waals surface area (Å²) < 4.78 is 19.6. The molecule has 1 N–H and O–H groups in total. The van der Waals surface area contributed by atoms with Crippen molar-refractivity contribution in [2.75, 3.05) is 13.2 Å². The number of carbonyl (C=O) groups excluding carboxylic acids is 2. The van der Waals surface area contributed by atoms with E-state index >= 15 is 0 Å². The summed E-state index contributed by atoms with van der Waals surface area (Å²) in [5.41, 5.74) is 0.726. The standard InChI is InChI=1S/C20H22BrFN2O3/c1-3-23-20(26)14(2)24(12-15-4-8-17(22)9-5-15)19(25)13-27-18-10-6-16(21)7-11-18/h4-11,14H,3,12-13H2,1-2H3,(H,23,26)/t14-/m0/s1. The largest absolute Gasteiger partial charge is 0.484 e. The van der Waals surface area contributed by atoms with E-state index in [1.165, 1.54) is 17.0 Å². The predicted octanol–water partition coefficient (Wildman–Crippen LogP) is 3.52. The van der Waals surface area contributed by atoms with Crippen LogP contribution in [0.25, 0.3) is 0 Å². The lowest BCUT2D eigenvalue weighted by Crippen LogP contribution is -2.49. The normalized spacial score (nSPS) is 11.6. The number of likely N-dealkylation sites (N-methyl/N-ethyl adjacent to an activating group) is 1. The van der Waals surface area contributed by atoms with Gasteiger partial charge in [0.05, 0.1) is 0 Å². The Balaban J connectivity index is 2.11. The second-order valence-corrected chi connectivity index (χ2v) is 6.88.